The molecule has 0 aliphatic rings. The van der Waals surface area contributed by atoms with Crippen molar-refractivity contribution >= 4 is 34.1 Å². The van der Waals surface area contributed by atoms with Gasteiger partial charge in [0.2, 0.25) is 0 Å². The molecule has 0 bridgehead atoms. The van der Waals surface area contributed by atoms with Crippen molar-refractivity contribution in [1.29, 1.82) is 5.26 Å². The van der Waals surface area contributed by atoms with Crippen LogP contribution >= 0.6 is 24.0 Å². The summed E-state index contributed by atoms with van der Waals surface area (Å²) in [6.45, 7) is 1.97. The van der Waals surface area contributed by atoms with Crippen molar-refractivity contribution in [1.82, 2.24) is 0 Å². The lowest BCUT2D eigenvalue weighted by molar-refractivity contribution is 1.35. The van der Waals surface area contributed by atoms with Crippen LogP contribution in [0, 0.1) is 18.3 Å². The van der Waals surface area contributed by atoms with E-state index in [-0.39, 0.29) is 0 Å². The molecular formula is C10H7NS2. The Balaban J connectivity index is 2.97. The molecule has 0 spiro atoms. The molecule has 0 unspecified atom stereocenters. The molecule has 0 N–H and O–H groups in total. The number of nitriles is 1. The largest absolute Gasteiger partial charge is 0.192 e. The average Bonchev–Trinajstić information content (AvgIpc) is 2.60. The minimum Gasteiger partial charge on any atom is -0.192 e. The SMILES string of the molecule is Cc1cc(C#N)c2sccc2c1S. The van der Waals surface area contributed by atoms with Gasteiger partial charge in [0.15, 0.2) is 0 Å². The first-order valence-corrected chi connectivity index (χ1v) is 5.16. The molecule has 0 atom stereocenters. The monoisotopic (exact) mass is 205 g/mol. The van der Waals surface area contributed by atoms with E-state index in [9.17, 15) is 0 Å². The molecule has 0 aliphatic carbocycles. The van der Waals surface area contributed by atoms with Gasteiger partial charge in [-0.2, -0.15) is 5.26 Å². The van der Waals surface area contributed by atoms with Crippen LogP contribution in [0.15, 0.2) is 22.4 Å². The normalized spacial score (nSPS) is 10.2. The molecule has 0 saturated heterocycles. The maximum absolute atomic E-state index is 8.90. The van der Waals surface area contributed by atoms with Gasteiger partial charge in [0.1, 0.15) is 6.07 Å². The molecule has 2 aromatic rings. The molecule has 0 saturated carbocycles. The molecule has 0 aliphatic heterocycles. The predicted octanol–water partition coefficient (Wildman–Crippen LogP) is 3.37. The number of rotatable bonds is 0. The van der Waals surface area contributed by atoms with Crippen molar-refractivity contribution in [2.45, 2.75) is 11.8 Å². The van der Waals surface area contributed by atoms with E-state index in [1.807, 2.05) is 24.4 Å². The van der Waals surface area contributed by atoms with Crippen molar-refractivity contribution in [2.24, 2.45) is 0 Å². The molecule has 3 heteroatoms. The standard InChI is InChI=1S/C10H7NS2/c1-6-4-7(5-11)10-8(9(6)12)2-3-13-10/h2-4,12H,1H3. The number of hydrogen-bond donors (Lipinski definition) is 1. The maximum Gasteiger partial charge on any atom is 0.101 e. The van der Waals surface area contributed by atoms with Crippen LogP contribution in [-0.2, 0) is 0 Å². The van der Waals surface area contributed by atoms with E-state index < -0.39 is 0 Å². The quantitative estimate of drug-likeness (QED) is 0.655. The third-order valence-electron chi connectivity index (χ3n) is 2.02. The van der Waals surface area contributed by atoms with Gasteiger partial charge in [-0.25, -0.2) is 0 Å². The highest BCUT2D eigenvalue weighted by molar-refractivity contribution is 7.80. The second-order valence-corrected chi connectivity index (χ2v) is 4.23. The lowest BCUT2D eigenvalue weighted by Crippen LogP contribution is -1.81. The van der Waals surface area contributed by atoms with Crippen LogP contribution in [0.4, 0.5) is 0 Å². The number of hydrogen-bond acceptors (Lipinski definition) is 3. The number of aryl methyl sites for hydroxylation is 1. The second kappa shape index (κ2) is 3.06. The summed E-state index contributed by atoms with van der Waals surface area (Å²) in [4.78, 5) is 0.982. The summed E-state index contributed by atoms with van der Waals surface area (Å²) in [6, 6.07) is 6.10. The van der Waals surface area contributed by atoms with E-state index in [0.717, 1.165) is 26.1 Å². The summed E-state index contributed by atoms with van der Waals surface area (Å²) >= 11 is 6.00. The number of benzene rings is 1. The van der Waals surface area contributed by atoms with Crippen LogP contribution in [0.5, 0.6) is 0 Å². The van der Waals surface area contributed by atoms with Crippen LogP contribution in [0.2, 0.25) is 0 Å². The van der Waals surface area contributed by atoms with Gasteiger partial charge in [-0.15, -0.1) is 24.0 Å². The van der Waals surface area contributed by atoms with Crippen molar-refractivity contribution in [3.63, 3.8) is 0 Å². The Labute approximate surface area is 86.0 Å². The molecule has 1 aromatic heterocycles. The van der Waals surface area contributed by atoms with Gasteiger partial charge in [-0.3, -0.25) is 0 Å². The van der Waals surface area contributed by atoms with E-state index in [0.29, 0.717) is 0 Å². The zero-order valence-corrected chi connectivity index (χ0v) is 8.75. The van der Waals surface area contributed by atoms with Crippen LogP contribution in [0.25, 0.3) is 10.1 Å². The van der Waals surface area contributed by atoms with Gasteiger partial charge in [-0.1, -0.05) is 0 Å². The highest BCUT2D eigenvalue weighted by atomic mass is 32.1. The van der Waals surface area contributed by atoms with Gasteiger partial charge < -0.3 is 0 Å². The highest BCUT2D eigenvalue weighted by Gasteiger charge is 2.07. The zero-order chi connectivity index (χ0) is 9.42. The number of thiol groups is 1. The summed E-state index contributed by atoms with van der Waals surface area (Å²) in [6.07, 6.45) is 0. The molecule has 1 nitrogen and oxygen atoms in total. The summed E-state index contributed by atoms with van der Waals surface area (Å²) in [7, 11) is 0. The highest BCUT2D eigenvalue weighted by Crippen LogP contribution is 2.32. The first kappa shape index (κ1) is 8.61. The Kier molecular flexibility index (Phi) is 2.03. The van der Waals surface area contributed by atoms with Gasteiger partial charge in [0.25, 0.3) is 0 Å². The van der Waals surface area contributed by atoms with Crippen LogP contribution in [-0.4, -0.2) is 0 Å². The molecule has 1 heterocycles. The maximum atomic E-state index is 8.90. The lowest BCUT2D eigenvalue weighted by atomic mass is 10.1. The Bertz CT molecular complexity index is 505. The van der Waals surface area contributed by atoms with Crippen LogP contribution in [0.1, 0.15) is 11.1 Å². The molecule has 13 heavy (non-hydrogen) atoms. The van der Waals surface area contributed by atoms with Crippen LogP contribution < -0.4 is 0 Å². The Morgan fingerprint density at radius 3 is 3.00 bits per heavy atom. The average molecular weight is 205 g/mol. The molecule has 0 amide bonds. The summed E-state index contributed by atoms with van der Waals surface area (Å²) in [5.74, 6) is 0. The molecule has 1 aromatic carbocycles. The minimum atomic E-state index is 0.750. The Hall–Kier alpha value is -0.980. The third-order valence-corrected chi connectivity index (χ3v) is 3.56. The van der Waals surface area contributed by atoms with Gasteiger partial charge in [0.05, 0.1) is 10.3 Å². The van der Waals surface area contributed by atoms with E-state index in [2.05, 4.69) is 18.7 Å². The molecule has 64 valence electrons. The Morgan fingerprint density at radius 1 is 1.54 bits per heavy atom. The second-order valence-electron chi connectivity index (χ2n) is 2.86. The van der Waals surface area contributed by atoms with Crippen molar-refractivity contribution in [3.05, 3.63) is 28.6 Å². The fraction of sp³-hybridized carbons (Fsp3) is 0.100. The first-order chi connectivity index (χ1) is 6.24. The van der Waals surface area contributed by atoms with Crippen LogP contribution in [0.3, 0.4) is 0 Å². The van der Waals surface area contributed by atoms with Crippen molar-refractivity contribution < 1.29 is 0 Å². The smallest absolute Gasteiger partial charge is 0.101 e. The van der Waals surface area contributed by atoms with E-state index in [1.54, 1.807) is 11.3 Å². The van der Waals surface area contributed by atoms with Gasteiger partial charge >= 0.3 is 0 Å². The molecule has 0 fully saturated rings. The molecule has 2 rings (SSSR count). The number of thiophene rings is 1. The van der Waals surface area contributed by atoms with Gasteiger partial charge in [-0.05, 0) is 30.0 Å². The molecule has 0 radical (unpaired) electrons. The topological polar surface area (TPSA) is 23.8 Å². The fourth-order valence-corrected chi connectivity index (χ4v) is 2.55. The van der Waals surface area contributed by atoms with E-state index >= 15 is 0 Å². The number of nitrogens with zero attached hydrogens (tertiary/aromatic N) is 1. The number of fused-ring (bicyclic) bond motifs is 1. The van der Waals surface area contributed by atoms with Crippen molar-refractivity contribution in [2.75, 3.05) is 0 Å². The van der Waals surface area contributed by atoms with E-state index in [1.165, 1.54) is 0 Å². The lowest BCUT2D eigenvalue weighted by Gasteiger charge is -2.01. The zero-order valence-electron chi connectivity index (χ0n) is 7.03. The summed E-state index contributed by atoms with van der Waals surface area (Å²) in [5, 5.41) is 12.0. The first-order valence-electron chi connectivity index (χ1n) is 3.84. The van der Waals surface area contributed by atoms with Crippen molar-refractivity contribution in [3.8, 4) is 6.07 Å². The minimum absolute atomic E-state index is 0.750. The fourth-order valence-electron chi connectivity index (χ4n) is 1.35. The molecular weight excluding hydrogens is 198 g/mol. The summed E-state index contributed by atoms with van der Waals surface area (Å²) < 4.78 is 1.04. The Morgan fingerprint density at radius 2 is 2.31 bits per heavy atom. The van der Waals surface area contributed by atoms with Gasteiger partial charge in [0, 0.05) is 10.3 Å². The predicted molar refractivity (Wildman–Crippen MR) is 58.5 cm³/mol. The third kappa shape index (κ3) is 1.23. The van der Waals surface area contributed by atoms with E-state index in [4.69, 9.17) is 5.26 Å². The summed E-state index contributed by atoms with van der Waals surface area (Å²) in [5.41, 5.74) is 1.81.